The van der Waals surface area contributed by atoms with Crippen LogP contribution in [0.25, 0.3) is 0 Å². The highest BCUT2D eigenvalue weighted by Crippen LogP contribution is 2.26. The first-order valence-corrected chi connectivity index (χ1v) is 11.5. The van der Waals surface area contributed by atoms with Crippen LogP contribution in [0.3, 0.4) is 0 Å². The fraction of sp³-hybridized carbons (Fsp3) is 0.667. The van der Waals surface area contributed by atoms with E-state index in [1.165, 1.54) is 0 Å². The number of hydrogen-bond donors (Lipinski definition) is 0. The average Bonchev–Trinajstić information content (AvgIpc) is 2.84. The van der Waals surface area contributed by atoms with Crippen molar-refractivity contribution in [2.45, 2.75) is 31.2 Å². The largest absolute Gasteiger partial charge is 0.379 e. The van der Waals surface area contributed by atoms with E-state index in [9.17, 15) is 8.42 Å². The van der Waals surface area contributed by atoms with E-state index in [0.717, 1.165) is 61.9 Å². The number of hydrogen-bond acceptors (Lipinski definition) is 5. The standard InChI is InChI=1S/C18H28N2O3S2/c1-15-4-5-18(12-16(15)2)25(21,22)20-6-3-11-24-14-17(20)13-19-7-9-23-10-8-19/h4-5,12,17H,3,6-11,13-14H2,1-2H3. The Hall–Kier alpha value is -0.600. The van der Waals surface area contributed by atoms with Crippen molar-refractivity contribution >= 4 is 21.8 Å². The molecular formula is C18H28N2O3S2. The lowest BCUT2D eigenvalue weighted by Crippen LogP contribution is -2.50. The Kier molecular flexibility index (Phi) is 6.44. The van der Waals surface area contributed by atoms with E-state index in [0.29, 0.717) is 11.4 Å². The maximum Gasteiger partial charge on any atom is 0.243 e. The second-order valence-corrected chi connectivity index (χ2v) is 9.90. The van der Waals surface area contributed by atoms with Crippen LogP contribution >= 0.6 is 11.8 Å². The van der Waals surface area contributed by atoms with Crippen LogP contribution in [-0.4, -0.2) is 74.6 Å². The van der Waals surface area contributed by atoms with Crippen LogP contribution in [-0.2, 0) is 14.8 Å². The number of rotatable bonds is 4. The monoisotopic (exact) mass is 384 g/mol. The topological polar surface area (TPSA) is 49.9 Å². The van der Waals surface area contributed by atoms with Gasteiger partial charge in [0.1, 0.15) is 0 Å². The molecule has 1 aromatic rings. The molecule has 0 radical (unpaired) electrons. The molecule has 1 unspecified atom stereocenters. The second-order valence-electron chi connectivity index (χ2n) is 6.86. The molecule has 0 aliphatic carbocycles. The minimum absolute atomic E-state index is 0.0252. The molecule has 1 aromatic carbocycles. The summed E-state index contributed by atoms with van der Waals surface area (Å²) in [4.78, 5) is 2.76. The Bertz CT molecular complexity index is 688. The molecule has 0 spiro atoms. The highest BCUT2D eigenvalue weighted by atomic mass is 32.2. The van der Waals surface area contributed by atoms with Crippen LogP contribution in [0.2, 0.25) is 0 Å². The summed E-state index contributed by atoms with van der Waals surface area (Å²) in [7, 11) is -3.46. The molecule has 140 valence electrons. The summed E-state index contributed by atoms with van der Waals surface area (Å²) in [5.41, 5.74) is 2.14. The van der Waals surface area contributed by atoms with Crippen molar-refractivity contribution in [3.8, 4) is 0 Å². The molecule has 1 atom stereocenters. The Morgan fingerprint density at radius 2 is 1.92 bits per heavy atom. The summed E-state index contributed by atoms with van der Waals surface area (Å²) in [5.74, 6) is 1.89. The Balaban J connectivity index is 1.84. The van der Waals surface area contributed by atoms with Crippen LogP contribution in [0.15, 0.2) is 23.1 Å². The van der Waals surface area contributed by atoms with Crippen LogP contribution in [0.4, 0.5) is 0 Å². The van der Waals surface area contributed by atoms with Crippen LogP contribution in [0, 0.1) is 13.8 Å². The number of benzene rings is 1. The van der Waals surface area contributed by atoms with Gasteiger partial charge < -0.3 is 4.74 Å². The van der Waals surface area contributed by atoms with Crippen LogP contribution in [0.5, 0.6) is 0 Å². The Morgan fingerprint density at radius 1 is 1.16 bits per heavy atom. The van der Waals surface area contributed by atoms with Crippen molar-refractivity contribution in [3.05, 3.63) is 29.3 Å². The minimum atomic E-state index is -3.46. The van der Waals surface area contributed by atoms with E-state index in [1.807, 2.05) is 37.7 Å². The number of aryl methyl sites for hydroxylation is 2. The van der Waals surface area contributed by atoms with E-state index in [-0.39, 0.29) is 6.04 Å². The van der Waals surface area contributed by atoms with E-state index in [2.05, 4.69) is 4.90 Å². The van der Waals surface area contributed by atoms with Crippen molar-refractivity contribution in [1.29, 1.82) is 0 Å². The third-order valence-corrected chi connectivity index (χ3v) is 8.19. The number of sulfonamides is 1. The fourth-order valence-electron chi connectivity index (χ4n) is 3.36. The molecule has 0 saturated carbocycles. The second kappa shape index (κ2) is 8.39. The normalized spacial score (nSPS) is 24.2. The fourth-order valence-corrected chi connectivity index (χ4v) is 6.25. The number of morpholine rings is 1. The molecule has 0 bridgehead atoms. The lowest BCUT2D eigenvalue weighted by atomic mass is 10.1. The SMILES string of the molecule is Cc1ccc(S(=O)(=O)N2CCCSCC2CN2CCOCC2)cc1C. The van der Waals surface area contributed by atoms with Gasteiger partial charge in [0, 0.05) is 38.0 Å². The summed E-state index contributed by atoms with van der Waals surface area (Å²) in [6, 6.07) is 5.50. The lowest BCUT2D eigenvalue weighted by molar-refractivity contribution is 0.0309. The average molecular weight is 385 g/mol. The van der Waals surface area contributed by atoms with Crippen molar-refractivity contribution in [2.75, 3.05) is 50.9 Å². The lowest BCUT2D eigenvalue weighted by Gasteiger charge is -2.35. The molecule has 5 nitrogen and oxygen atoms in total. The summed E-state index contributed by atoms with van der Waals surface area (Å²) in [5, 5.41) is 0. The van der Waals surface area contributed by atoms with Gasteiger partial charge in [0.05, 0.1) is 18.1 Å². The highest BCUT2D eigenvalue weighted by Gasteiger charge is 2.34. The first kappa shape index (κ1) is 19.2. The molecule has 0 N–H and O–H groups in total. The van der Waals surface area contributed by atoms with Crippen molar-refractivity contribution in [2.24, 2.45) is 0 Å². The number of thioether (sulfide) groups is 1. The summed E-state index contributed by atoms with van der Waals surface area (Å²) in [6.45, 7) is 8.63. The van der Waals surface area contributed by atoms with Gasteiger partial charge in [-0.05, 0) is 49.3 Å². The third kappa shape index (κ3) is 4.57. The Labute approximate surface area is 155 Å². The van der Waals surface area contributed by atoms with E-state index in [4.69, 9.17) is 4.74 Å². The van der Waals surface area contributed by atoms with Gasteiger partial charge in [-0.15, -0.1) is 0 Å². The molecule has 7 heteroatoms. The first-order chi connectivity index (χ1) is 12.0. The smallest absolute Gasteiger partial charge is 0.243 e. The predicted octanol–water partition coefficient (Wildman–Crippen LogP) is 2.13. The maximum absolute atomic E-state index is 13.3. The van der Waals surface area contributed by atoms with Crippen LogP contribution < -0.4 is 0 Å². The third-order valence-electron chi connectivity index (χ3n) is 5.04. The van der Waals surface area contributed by atoms with Gasteiger partial charge in [-0.25, -0.2) is 8.42 Å². The van der Waals surface area contributed by atoms with Gasteiger partial charge in [0.2, 0.25) is 10.0 Å². The van der Waals surface area contributed by atoms with Crippen molar-refractivity contribution < 1.29 is 13.2 Å². The zero-order valence-corrected chi connectivity index (χ0v) is 16.7. The predicted molar refractivity (Wildman–Crippen MR) is 103 cm³/mol. The highest BCUT2D eigenvalue weighted by molar-refractivity contribution is 7.99. The van der Waals surface area contributed by atoms with E-state index >= 15 is 0 Å². The molecule has 2 heterocycles. The molecule has 2 saturated heterocycles. The quantitative estimate of drug-likeness (QED) is 0.796. The van der Waals surface area contributed by atoms with Gasteiger partial charge in [-0.2, -0.15) is 16.1 Å². The number of ether oxygens (including phenoxy) is 1. The van der Waals surface area contributed by atoms with Gasteiger partial charge in [0.25, 0.3) is 0 Å². The van der Waals surface area contributed by atoms with Crippen molar-refractivity contribution in [3.63, 3.8) is 0 Å². The summed E-state index contributed by atoms with van der Waals surface area (Å²) in [6.07, 6.45) is 0.911. The first-order valence-electron chi connectivity index (χ1n) is 8.95. The van der Waals surface area contributed by atoms with E-state index < -0.39 is 10.0 Å². The summed E-state index contributed by atoms with van der Waals surface area (Å²) < 4.78 is 33.8. The molecule has 25 heavy (non-hydrogen) atoms. The van der Waals surface area contributed by atoms with Gasteiger partial charge in [0.15, 0.2) is 0 Å². The molecule has 0 aromatic heterocycles. The van der Waals surface area contributed by atoms with Crippen molar-refractivity contribution in [1.82, 2.24) is 9.21 Å². The van der Waals surface area contributed by atoms with Gasteiger partial charge in [-0.1, -0.05) is 6.07 Å². The zero-order valence-electron chi connectivity index (χ0n) is 15.1. The molecule has 2 aliphatic rings. The van der Waals surface area contributed by atoms with E-state index in [1.54, 1.807) is 10.4 Å². The molecule has 2 aliphatic heterocycles. The molecule has 0 amide bonds. The zero-order chi connectivity index (χ0) is 17.9. The summed E-state index contributed by atoms with van der Waals surface area (Å²) >= 11 is 1.87. The molecule has 2 fully saturated rings. The van der Waals surface area contributed by atoms with Crippen LogP contribution in [0.1, 0.15) is 17.5 Å². The van der Waals surface area contributed by atoms with Gasteiger partial charge in [-0.3, -0.25) is 4.90 Å². The Morgan fingerprint density at radius 3 is 2.64 bits per heavy atom. The van der Waals surface area contributed by atoms with Gasteiger partial charge >= 0.3 is 0 Å². The number of nitrogens with zero attached hydrogens (tertiary/aromatic N) is 2. The maximum atomic E-state index is 13.3. The molecular weight excluding hydrogens is 356 g/mol. The minimum Gasteiger partial charge on any atom is -0.379 e. The molecule has 3 rings (SSSR count).